The lowest BCUT2D eigenvalue weighted by atomic mass is 10.1. The summed E-state index contributed by atoms with van der Waals surface area (Å²) in [5.41, 5.74) is 1.51. The number of piperidine rings is 1. The van der Waals surface area contributed by atoms with Crippen molar-refractivity contribution in [2.45, 2.75) is 25.4 Å². The molecule has 0 atom stereocenters. The highest BCUT2D eigenvalue weighted by Gasteiger charge is 2.16. The van der Waals surface area contributed by atoms with Crippen molar-refractivity contribution in [1.82, 2.24) is 19.6 Å². The van der Waals surface area contributed by atoms with Crippen LogP contribution in [0.4, 0.5) is 0 Å². The number of fused-ring (bicyclic) bond motifs is 1. The van der Waals surface area contributed by atoms with Gasteiger partial charge < -0.3 is 10.2 Å². The van der Waals surface area contributed by atoms with E-state index in [0.717, 1.165) is 31.6 Å². The molecule has 0 saturated carbocycles. The number of nitrogens with one attached hydrogen (secondary N) is 1. The van der Waals surface area contributed by atoms with Crippen LogP contribution >= 0.6 is 0 Å². The van der Waals surface area contributed by atoms with Crippen LogP contribution in [0.1, 0.15) is 18.5 Å². The fraction of sp³-hybridized carbons (Fsp3) is 0.467. The van der Waals surface area contributed by atoms with Crippen LogP contribution in [0.25, 0.3) is 5.65 Å². The van der Waals surface area contributed by atoms with Gasteiger partial charge in [-0.3, -0.25) is 9.20 Å². The molecule has 3 heterocycles. The largest absolute Gasteiger partial charge is 0.308 e. The van der Waals surface area contributed by atoms with Crippen LogP contribution in [0.15, 0.2) is 35.3 Å². The van der Waals surface area contributed by atoms with E-state index in [1.165, 1.54) is 0 Å². The normalized spacial score (nSPS) is 17.6. The van der Waals surface area contributed by atoms with Crippen LogP contribution in [-0.4, -0.2) is 40.5 Å². The van der Waals surface area contributed by atoms with Crippen LogP contribution < -0.4 is 10.9 Å². The Morgan fingerprint density at radius 2 is 2.15 bits per heavy atom. The van der Waals surface area contributed by atoms with Gasteiger partial charge in [0.1, 0.15) is 5.65 Å². The van der Waals surface area contributed by atoms with Crippen molar-refractivity contribution in [1.29, 1.82) is 0 Å². The second-order valence-electron chi connectivity index (χ2n) is 5.47. The summed E-state index contributed by atoms with van der Waals surface area (Å²) in [6.07, 6.45) is 4.06. The smallest absolute Gasteiger partial charge is 0.258 e. The van der Waals surface area contributed by atoms with Gasteiger partial charge in [0.15, 0.2) is 0 Å². The number of rotatable bonds is 3. The average molecular weight is 272 g/mol. The van der Waals surface area contributed by atoms with Crippen LogP contribution in [-0.2, 0) is 6.54 Å². The van der Waals surface area contributed by atoms with Gasteiger partial charge in [0.2, 0.25) is 0 Å². The molecule has 0 aromatic carbocycles. The molecular formula is C15H20N4O. The summed E-state index contributed by atoms with van der Waals surface area (Å²) < 4.78 is 1.57. The molecule has 0 aliphatic carbocycles. The molecule has 3 rings (SSSR count). The predicted octanol–water partition coefficient (Wildman–Crippen LogP) is 0.878. The maximum absolute atomic E-state index is 12.0. The fourth-order valence-corrected chi connectivity index (χ4v) is 2.66. The number of nitrogens with zero attached hydrogens (tertiary/aromatic N) is 3. The Balaban J connectivity index is 1.70. The third kappa shape index (κ3) is 2.89. The SMILES string of the molecule is CN1CCC(NCc2cc(=O)n3ccccc3n2)CC1. The minimum Gasteiger partial charge on any atom is -0.308 e. The highest BCUT2D eigenvalue weighted by Crippen LogP contribution is 2.09. The van der Waals surface area contributed by atoms with E-state index in [-0.39, 0.29) is 5.56 Å². The van der Waals surface area contributed by atoms with E-state index in [9.17, 15) is 4.79 Å². The number of likely N-dealkylation sites (tertiary alicyclic amines) is 1. The third-order valence-corrected chi connectivity index (χ3v) is 3.91. The van der Waals surface area contributed by atoms with Gasteiger partial charge in [-0.25, -0.2) is 4.98 Å². The summed E-state index contributed by atoms with van der Waals surface area (Å²) in [6, 6.07) is 7.75. The zero-order valence-corrected chi connectivity index (χ0v) is 11.7. The molecule has 0 spiro atoms. The van der Waals surface area contributed by atoms with E-state index in [4.69, 9.17) is 0 Å². The number of aromatic nitrogens is 2. The maximum Gasteiger partial charge on any atom is 0.258 e. The van der Waals surface area contributed by atoms with Gasteiger partial charge in [-0.05, 0) is 45.1 Å². The summed E-state index contributed by atoms with van der Waals surface area (Å²) in [4.78, 5) is 18.9. The van der Waals surface area contributed by atoms with E-state index in [1.807, 2.05) is 18.2 Å². The van der Waals surface area contributed by atoms with Gasteiger partial charge >= 0.3 is 0 Å². The van der Waals surface area contributed by atoms with Crippen molar-refractivity contribution in [3.05, 3.63) is 46.5 Å². The van der Waals surface area contributed by atoms with Gasteiger partial charge in [-0.1, -0.05) is 6.07 Å². The molecule has 1 aliphatic rings. The summed E-state index contributed by atoms with van der Waals surface area (Å²) in [5, 5.41) is 3.51. The highest BCUT2D eigenvalue weighted by atomic mass is 16.1. The zero-order valence-electron chi connectivity index (χ0n) is 11.7. The van der Waals surface area contributed by atoms with E-state index >= 15 is 0 Å². The average Bonchev–Trinajstić information content (AvgIpc) is 2.47. The Hall–Kier alpha value is -1.72. The molecule has 1 saturated heterocycles. The molecule has 2 aromatic rings. The first kappa shape index (κ1) is 13.3. The maximum atomic E-state index is 12.0. The lowest BCUT2D eigenvalue weighted by Crippen LogP contribution is -2.40. The molecule has 5 nitrogen and oxygen atoms in total. The molecule has 0 amide bonds. The Morgan fingerprint density at radius 3 is 2.95 bits per heavy atom. The Bertz CT molecular complexity index is 644. The minimum atomic E-state index is -0.0178. The predicted molar refractivity (Wildman–Crippen MR) is 78.8 cm³/mol. The molecule has 20 heavy (non-hydrogen) atoms. The Morgan fingerprint density at radius 1 is 1.35 bits per heavy atom. The fourth-order valence-electron chi connectivity index (χ4n) is 2.66. The van der Waals surface area contributed by atoms with Crippen LogP contribution in [0.3, 0.4) is 0 Å². The monoisotopic (exact) mass is 272 g/mol. The summed E-state index contributed by atoms with van der Waals surface area (Å²) in [6.45, 7) is 2.92. The zero-order chi connectivity index (χ0) is 13.9. The number of pyridine rings is 1. The van der Waals surface area contributed by atoms with Gasteiger partial charge in [0, 0.05) is 24.8 Å². The van der Waals surface area contributed by atoms with E-state index in [0.29, 0.717) is 18.2 Å². The van der Waals surface area contributed by atoms with Gasteiger partial charge in [-0.2, -0.15) is 0 Å². The summed E-state index contributed by atoms with van der Waals surface area (Å²) in [5.74, 6) is 0. The van der Waals surface area contributed by atoms with Crippen LogP contribution in [0.2, 0.25) is 0 Å². The van der Waals surface area contributed by atoms with Crippen molar-refractivity contribution in [3.63, 3.8) is 0 Å². The first-order chi connectivity index (χ1) is 9.72. The lowest BCUT2D eigenvalue weighted by molar-refractivity contribution is 0.233. The minimum absolute atomic E-state index is 0.0178. The van der Waals surface area contributed by atoms with E-state index in [2.05, 4.69) is 22.2 Å². The van der Waals surface area contributed by atoms with Crippen molar-refractivity contribution in [2.24, 2.45) is 0 Å². The second kappa shape index (κ2) is 5.73. The van der Waals surface area contributed by atoms with E-state index in [1.54, 1.807) is 16.7 Å². The topological polar surface area (TPSA) is 49.6 Å². The van der Waals surface area contributed by atoms with Crippen molar-refractivity contribution in [2.75, 3.05) is 20.1 Å². The van der Waals surface area contributed by atoms with Crippen molar-refractivity contribution < 1.29 is 0 Å². The molecule has 1 aliphatic heterocycles. The highest BCUT2D eigenvalue weighted by molar-refractivity contribution is 5.37. The van der Waals surface area contributed by atoms with Crippen molar-refractivity contribution in [3.8, 4) is 0 Å². The first-order valence-corrected chi connectivity index (χ1v) is 7.11. The number of hydrogen-bond acceptors (Lipinski definition) is 4. The van der Waals surface area contributed by atoms with Gasteiger partial charge in [0.05, 0.1) is 5.69 Å². The molecule has 5 heteroatoms. The molecule has 0 radical (unpaired) electrons. The van der Waals surface area contributed by atoms with Crippen molar-refractivity contribution >= 4 is 5.65 Å². The molecule has 106 valence electrons. The number of hydrogen-bond donors (Lipinski definition) is 1. The Kier molecular flexibility index (Phi) is 3.80. The first-order valence-electron chi connectivity index (χ1n) is 7.11. The van der Waals surface area contributed by atoms with Crippen LogP contribution in [0.5, 0.6) is 0 Å². The Labute approximate surface area is 118 Å². The molecule has 1 fully saturated rings. The summed E-state index contributed by atoms with van der Waals surface area (Å²) >= 11 is 0. The molecule has 0 bridgehead atoms. The molecule has 1 N–H and O–H groups in total. The quantitative estimate of drug-likeness (QED) is 0.901. The molecular weight excluding hydrogens is 252 g/mol. The van der Waals surface area contributed by atoms with E-state index < -0.39 is 0 Å². The standard InChI is InChI=1S/C15H20N4O/c1-18-8-5-12(6-9-18)16-11-13-10-15(20)19-7-3-2-4-14(19)17-13/h2-4,7,10,12,16H,5-6,8-9,11H2,1H3. The van der Waals surface area contributed by atoms with Gasteiger partial charge in [0.25, 0.3) is 5.56 Å². The molecule has 0 unspecified atom stereocenters. The summed E-state index contributed by atoms with van der Waals surface area (Å²) in [7, 11) is 2.15. The third-order valence-electron chi connectivity index (χ3n) is 3.91. The van der Waals surface area contributed by atoms with Crippen LogP contribution in [0, 0.1) is 0 Å². The second-order valence-corrected chi connectivity index (χ2v) is 5.47. The molecule has 2 aromatic heterocycles. The lowest BCUT2D eigenvalue weighted by Gasteiger charge is -2.29. The van der Waals surface area contributed by atoms with Gasteiger partial charge in [-0.15, -0.1) is 0 Å².